The normalized spacial score (nSPS) is 11.7. The van der Waals surface area contributed by atoms with Gasteiger partial charge in [0.15, 0.2) is 0 Å². The smallest absolute Gasteiger partial charge is 0.135 e. The predicted molar refractivity (Wildman–Crippen MR) is 208 cm³/mol. The lowest BCUT2D eigenvalue weighted by molar-refractivity contribution is 0.669. The first-order valence-corrected chi connectivity index (χ1v) is 16.8. The summed E-state index contributed by atoms with van der Waals surface area (Å²) in [6.45, 7) is 0. The van der Waals surface area contributed by atoms with Crippen LogP contribution in [0.15, 0.2) is 186 Å². The number of benzene rings is 9. The zero-order valence-electron chi connectivity index (χ0n) is 26.7. The van der Waals surface area contributed by atoms with Crippen LogP contribution in [0.4, 0.5) is 0 Å². The Morgan fingerprint density at radius 1 is 0.265 bits per heavy atom. The van der Waals surface area contributed by atoms with E-state index in [0.717, 1.165) is 21.9 Å². The fraction of sp³-hybridized carbons (Fsp3) is 0. The molecule has 0 atom stereocenters. The second-order valence-electron chi connectivity index (χ2n) is 12.8. The van der Waals surface area contributed by atoms with Gasteiger partial charge in [0, 0.05) is 10.8 Å². The van der Waals surface area contributed by atoms with E-state index >= 15 is 0 Å². The summed E-state index contributed by atoms with van der Waals surface area (Å²) in [5.41, 5.74) is 11.7. The van der Waals surface area contributed by atoms with Gasteiger partial charge in [-0.3, -0.25) is 0 Å². The van der Waals surface area contributed by atoms with Gasteiger partial charge in [0.1, 0.15) is 11.2 Å². The molecule has 0 aliphatic rings. The minimum absolute atomic E-state index is 0.918. The maximum atomic E-state index is 6.09. The summed E-state index contributed by atoms with van der Waals surface area (Å²) < 4.78 is 6.09. The minimum atomic E-state index is 0.918. The van der Waals surface area contributed by atoms with Gasteiger partial charge in [0.2, 0.25) is 0 Å². The highest BCUT2D eigenvalue weighted by Gasteiger charge is 2.19. The maximum absolute atomic E-state index is 6.09. The van der Waals surface area contributed by atoms with Crippen molar-refractivity contribution in [3.63, 3.8) is 0 Å². The van der Waals surface area contributed by atoms with Gasteiger partial charge in [-0.2, -0.15) is 0 Å². The van der Waals surface area contributed by atoms with Crippen molar-refractivity contribution in [3.05, 3.63) is 182 Å². The third-order valence-corrected chi connectivity index (χ3v) is 10.1. The molecule has 0 spiro atoms. The highest BCUT2D eigenvalue weighted by molar-refractivity contribution is 6.23. The van der Waals surface area contributed by atoms with E-state index in [0.29, 0.717) is 0 Å². The maximum Gasteiger partial charge on any atom is 0.135 e. The number of hydrogen-bond acceptors (Lipinski definition) is 1. The van der Waals surface area contributed by atoms with E-state index in [2.05, 4.69) is 170 Å². The van der Waals surface area contributed by atoms with Gasteiger partial charge >= 0.3 is 0 Å². The molecule has 1 heterocycles. The van der Waals surface area contributed by atoms with Gasteiger partial charge < -0.3 is 4.42 Å². The molecule has 0 saturated heterocycles. The molecular formula is C48H30O. The quantitative estimate of drug-likeness (QED) is 0.178. The molecule has 0 fully saturated rings. The highest BCUT2D eigenvalue weighted by Crippen LogP contribution is 2.47. The Bertz CT molecular complexity index is 2810. The summed E-state index contributed by atoms with van der Waals surface area (Å²) in [6.07, 6.45) is 0. The SMILES string of the molecule is c1ccc(-c2c3ccccc3c(-c3ccc(-c4ccc5oc6ccccc6c5c4)cc3)c3ccccc23)c(-c2cccc3ccccc23)c1. The molecule has 10 aromatic rings. The van der Waals surface area contributed by atoms with E-state index in [4.69, 9.17) is 4.42 Å². The van der Waals surface area contributed by atoms with Crippen molar-refractivity contribution in [3.8, 4) is 44.5 Å². The first-order valence-electron chi connectivity index (χ1n) is 16.8. The number of hydrogen-bond donors (Lipinski definition) is 0. The molecule has 1 nitrogen and oxygen atoms in total. The van der Waals surface area contributed by atoms with Crippen LogP contribution in [0.1, 0.15) is 0 Å². The van der Waals surface area contributed by atoms with E-state index < -0.39 is 0 Å². The zero-order chi connectivity index (χ0) is 32.3. The number of rotatable bonds is 4. The van der Waals surface area contributed by atoms with Crippen molar-refractivity contribution in [2.45, 2.75) is 0 Å². The van der Waals surface area contributed by atoms with Crippen LogP contribution in [-0.4, -0.2) is 0 Å². The lowest BCUT2D eigenvalue weighted by Crippen LogP contribution is -1.93. The standard InChI is InChI=1S/C48H30O/c1-2-14-35-32(12-1)13-11-22-36(35)37-15-3-4-17-39(37)48-42-20-7-5-18-40(42)47(41-19-6-8-21-43(41)48)33-26-24-31(25-27-33)34-28-29-46-44(30-34)38-16-9-10-23-45(38)49-46/h1-30H. The van der Waals surface area contributed by atoms with E-state index in [-0.39, 0.29) is 0 Å². The number of furan rings is 1. The first kappa shape index (κ1) is 27.7. The predicted octanol–water partition coefficient (Wildman–Crippen LogP) is 13.7. The molecule has 228 valence electrons. The van der Waals surface area contributed by atoms with Crippen LogP contribution in [0.25, 0.3) is 98.8 Å². The van der Waals surface area contributed by atoms with Crippen LogP contribution < -0.4 is 0 Å². The summed E-state index contributed by atoms with van der Waals surface area (Å²) in [5.74, 6) is 0. The molecule has 0 amide bonds. The summed E-state index contributed by atoms with van der Waals surface area (Å²) >= 11 is 0. The minimum Gasteiger partial charge on any atom is -0.456 e. The van der Waals surface area contributed by atoms with Crippen LogP contribution in [0.5, 0.6) is 0 Å². The molecule has 0 radical (unpaired) electrons. The van der Waals surface area contributed by atoms with Gasteiger partial charge in [0.05, 0.1) is 0 Å². The molecule has 9 aromatic carbocycles. The second-order valence-corrected chi connectivity index (χ2v) is 12.8. The Morgan fingerprint density at radius 3 is 1.49 bits per heavy atom. The van der Waals surface area contributed by atoms with E-state index in [1.165, 1.54) is 76.8 Å². The average molecular weight is 623 g/mol. The number of para-hydroxylation sites is 1. The molecule has 10 rings (SSSR count). The Balaban J connectivity index is 1.17. The molecule has 0 N–H and O–H groups in total. The van der Waals surface area contributed by atoms with Crippen molar-refractivity contribution in [2.75, 3.05) is 0 Å². The molecule has 0 unspecified atom stereocenters. The second kappa shape index (κ2) is 11.1. The Kier molecular flexibility index (Phi) is 6.25. The third-order valence-electron chi connectivity index (χ3n) is 10.1. The monoisotopic (exact) mass is 622 g/mol. The van der Waals surface area contributed by atoms with Crippen LogP contribution in [0.3, 0.4) is 0 Å². The molecule has 1 heteroatoms. The molecular weight excluding hydrogens is 593 g/mol. The largest absolute Gasteiger partial charge is 0.456 e. The van der Waals surface area contributed by atoms with E-state index in [1.54, 1.807) is 0 Å². The van der Waals surface area contributed by atoms with Crippen molar-refractivity contribution < 1.29 is 4.42 Å². The average Bonchev–Trinajstić information content (AvgIpc) is 3.55. The topological polar surface area (TPSA) is 13.1 Å². The Hall–Kier alpha value is -6.44. The number of fused-ring (bicyclic) bond motifs is 6. The van der Waals surface area contributed by atoms with Crippen LogP contribution in [-0.2, 0) is 0 Å². The van der Waals surface area contributed by atoms with E-state index in [1.807, 2.05) is 12.1 Å². The zero-order valence-corrected chi connectivity index (χ0v) is 26.7. The van der Waals surface area contributed by atoms with Gasteiger partial charge in [-0.05, 0) is 95.0 Å². The highest BCUT2D eigenvalue weighted by atomic mass is 16.3. The van der Waals surface area contributed by atoms with Gasteiger partial charge in [0.25, 0.3) is 0 Å². The fourth-order valence-corrected chi connectivity index (χ4v) is 7.86. The van der Waals surface area contributed by atoms with Crippen LogP contribution in [0.2, 0.25) is 0 Å². The van der Waals surface area contributed by atoms with Crippen molar-refractivity contribution in [2.24, 2.45) is 0 Å². The van der Waals surface area contributed by atoms with Gasteiger partial charge in [-0.1, -0.05) is 164 Å². The Labute approximate surface area is 284 Å². The van der Waals surface area contributed by atoms with E-state index in [9.17, 15) is 0 Å². The summed E-state index contributed by atoms with van der Waals surface area (Å²) in [5, 5.41) is 9.83. The fourth-order valence-electron chi connectivity index (χ4n) is 7.86. The van der Waals surface area contributed by atoms with Gasteiger partial charge in [-0.25, -0.2) is 0 Å². The van der Waals surface area contributed by atoms with Crippen molar-refractivity contribution in [1.82, 2.24) is 0 Å². The third kappa shape index (κ3) is 4.40. The molecule has 0 saturated carbocycles. The van der Waals surface area contributed by atoms with Crippen LogP contribution in [0, 0.1) is 0 Å². The molecule has 1 aromatic heterocycles. The lowest BCUT2D eigenvalue weighted by Gasteiger charge is -2.20. The molecule has 0 aliphatic heterocycles. The first-order chi connectivity index (χ1) is 24.3. The lowest BCUT2D eigenvalue weighted by atomic mass is 9.83. The molecule has 49 heavy (non-hydrogen) atoms. The summed E-state index contributed by atoms with van der Waals surface area (Å²) in [6, 6.07) is 65.9. The van der Waals surface area contributed by atoms with Crippen molar-refractivity contribution in [1.29, 1.82) is 0 Å². The van der Waals surface area contributed by atoms with Crippen LogP contribution >= 0.6 is 0 Å². The van der Waals surface area contributed by atoms with Gasteiger partial charge in [-0.15, -0.1) is 0 Å². The van der Waals surface area contributed by atoms with Crippen molar-refractivity contribution >= 4 is 54.3 Å². The molecule has 0 aliphatic carbocycles. The Morgan fingerprint density at radius 2 is 0.755 bits per heavy atom. The molecule has 0 bridgehead atoms. The summed E-state index contributed by atoms with van der Waals surface area (Å²) in [4.78, 5) is 0. The summed E-state index contributed by atoms with van der Waals surface area (Å²) in [7, 11) is 0.